The smallest absolute Gasteiger partial charge is 0.422 e. The van der Waals surface area contributed by atoms with Gasteiger partial charge in [0, 0.05) is 29.9 Å². The Balaban J connectivity index is 1.75. The number of hydrogen-bond donors (Lipinski definition) is 0. The molecule has 10 heteroatoms. The van der Waals surface area contributed by atoms with Gasteiger partial charge in [-0.15, -0.1) is 0 Å². The van der Waals surface area contributed by atoms with Crippen molar-refractivity contribution in [3.8, 4) is 17.0 Å². The fourth-order valence-electron chi connectivity index (χ4n) is 3.36. The van der Waals surface area contributed by atoms with Crippen LogP contribution in [-0.2, 0) is 13.6 Å². The van der Waals surface area contributed by atoms with Gasteiger partial charge in [0.1, 0.15) is 28.8 Å². The average Bonchev–Trinajstić information content (AvgIpc) is 3.18. The summed E-state index contributed by atoms with van der Waals surface area (Å²) in [5.74, 6) is -1.95. The van der Waals surface area contributed by atoms with E-state index in [1.165, 1.54) is 47.0 Å². The highest BCUT2D eigenvalue weighted by atomic mass is 19.4. The van der Waals surface area contributed by atoms with Gasteiger partial charge in [-0.3, -0.25) is 9.48 Å². The molecule has 1 aliphatic rings. The molecule has 1 amide bonds. The van der Waals surface area contributed by atoms with Gasteiger partial charge in [0.05, 0.1) is 6.54 Å². The number of hydrogen-bond acceptors (Lipinski definition) is 3. The van der Waals surface area contributed by atoms with E-state index >= 15 is 0 Å². The van der Waals surface area contributed by atoms with Crippen molar-refractivity contribution in [2.75, 3.05) is 11.5 Å². The van der Waals surface area contributed by atoms with E-state index < -0.39 is 30.3 Å². The molecule has 0 fully saturated rings. The normalized spacial score (nSPS) is 13.7. The molecule has 0 saturated heterocycles. The molecule has 4 rings (SSSR count). The van der Waals surface area contributed by atoms with Crippen molar-refractivity contribution in [2.45, 2.75) is 12.7 Å². The Labute approximate surface area is 167 Å². The van der Waals surface area contributed by atoms with Crippen LogP contribution < -0.4 is 9.64 Å². The third-order valence-corrected chi connectivity index (χ3v) is 4.64. The summed E-state index contributed by atoms with van der Waals surface area (Å²) in [6.45, 7) is -1.53. The van der Waals surface area contributed by atoms with Crippen LogP contribution in [-0.4, -0.2) is 28.5 Å². The lowest BCUT2D eigenvalue weighted by Crippen LogP contribution is -2.25. The summed E-state index contributed by atoms with van der Waals surface area (Å²) in [6.07, 6.45) is -4.61. The SMILES string of the molecule is Cn1nc(-c2ccc(F)cc2OCC(F)(F)F)c2c1C(=O)N(c1ccc(F)cc1)C2. The molecule has 0 N–H and O–H groups in total. The topological polar surface area (TPSA) is 47.4 Å². The maximum Gasteiger partial charge on any atom is 0.422 e. The zero-order chi connectivity index (χ0) is 21.6. The van der Waals surface area contributed by atoms with E-state index in [1.54, 1.807) is 0 Å². The second kappa shape index (κ2) is 7.12. The van der Waals surface area contributed by atoms with Gasteiger partial charge in [-0.25, -0.2) is 8.78 Å². The van der Waals surface area contributed by atoms with Crippen molar-refractivity contribution < 1.29 is 31.5 Å². The summed E-state index contributed by atoms with van der Waals surface area (Å²) < 4.78 is 70.8. The zero-order valence-electron chi connectivity index (χ0n) is 15.5. The highest BCUT2D eigenvalue weighted by Crippen LogP contribution is 2.39. The number of aromatic nitrogens is 2. The molecular weight excluding hydrogens is 409 g/mol. The first kappa shape index (κ1) is 19.9. The number of nitrogens with zero attached hydrogens (tertiary/aromatic N) is 3. The Morgan fingerprint density at radius 2 is 1.73 bits per heavy atom. The number of anilines is 1. The van der Waals surface area contributed by atoms with E-state index in [9.17, 15) is 26.7 Å². The van der Waals surface area contributed by atoms with Gasteiger partial charge in [0.25, 0.3) is 5.91 Å². The predicted octanol–water partition coefficient (Wildman–Crippen LogP) is 4.47. The molecule has 5 nitrogen and oxygen atoms in total. The molecule has 0 bridgehead atoms. The molecule has 30 heavy (non-hydrogen) atoms. The second-order valence-electron chi connectivity index (χ2n) is 6.71. The van der Waals surface area contributed by atoms with Crippen LogP contribution in [0.4, 0.5) is 27.6 Å². The zero-order valence-corrected chi connectivity index (χ0v) is 15.5. The third kappa shape index (κ3) is 3.60. The van der Waals surface area contributed by atoms with Crippen LogP contribution in [0, 0.1) is 11.6 Å². The Morgan fingerprint density at radius 3 is 2.40 bits per heavy atom. The van der Waals surface area contributed by atoms with E-state index in [0.29, 0.717) is 11.3 Å². The number of rotatable bonds is 4. The standard InChI is InChI=1S/C20H14F5N3O2/c1-27-18-15(9-28(19(18)29)13-5-2-11(21)3-6-13)17(26-27)14-7-4-12(22)8-16(14)30-10-20(23,24)25/h2-8H,9-10H2,1H3. The fourth-order valence-corrected chi connectivity index (χ4v) is 3.36. The number of carbonyl (C=O) groups is 1. The summed E-state index contributed by atoms with van der Waals surface area (Å²) in [7, 11) is 1.52. The van der Waals surface area contributed by atoms with Crippen molar-refractivity contribution in [1.29, 1.82) is 0 Å². The number of amides is 1. The maximum absolute atomic E-state index is 13.7. The van der Waals surface area contributed by atoms with Crippen LogP contribution in [0.25, 0.3) is 11.3 Å². The minimum Gasteiger partial charge on any atom is -0.483 e. The third-order valence-electron chi connectivity index (χ3n) is 4.64. The van der Waals surface area contributed by atoms with E-state index in [4.69, 9.17) is 4.74 Å². The number of halogens is 5. The quantitative estimate of drug-likeness (QED) is 0.582. The minimum atomic E-state index is -4.61. The number of ether oxygens (including phenoxy) is 1. The monoisotopic (exact) mass is 423 g/mol. The first-order chi connectivity index (χ1) is 14.1. The van der Waals surface area contributed by atoms with Crippen molar-refractivity contribution in [3.05, 3.63) is 65.4 Å². The largest absolute Gasteiger partial charge is 0.483 e. The molecule has 156 valence electrons. The molecule has 0 aliphatic carbocycles. The van der Waals surface area contributed by atoms with Crippen LogP contribution in [0.3, 0.4) is 0 Å². The van der Waals surface area contributed by atoms with E-state index in [-0.39, 0.29) is 29.2 Å². The number of alkyl halides is 3. The van der Waals surface area contributed by atoms with Gasteiger partial charge in [0.2, 0.25) is 0 Å². The van der Waals surface area contributed by atoms with Crippen LogP contribution in [0.2, 0.25) is 0 Å². The Morgan fingerprint density at radius 1 is 1.07 bits per heavy atom. The Hall–Kier alpha value is -3.43. The molecule has 2 heterocycles. The number of carbonyl (C=O) groups excluding carboxylic acids is 1. The van der Waals surface area contributed by atoms with Gasteiger partial charge in [-0.1, -0.05) is 0 Å². The maximum atomic E-state index is 13.7. The Bertz CT molecular complexity index is 1120. The first-order valence-corrected chi connectivity index (χ1v) is 8.77. The molecular formula is C20H14F5N3O2. The van der Waals surface area contributed by atoms with Crippen molar-refractivity contribution in [3.63, 3.8) is 0 Å². The fraction of sp³-hybridized carbons (Fsp3) is 0.200. The lowest BCUT2D eigenvalue weighted by atomic mass is 10.1. The van der Waals surface area contributed by atoms with E-state index in [1.807, 2.05) is 0 Å². The van der Waals surface area contributed by atoms with Gasteiger partial charge in [-0.05, 0) is 36.4 Å². The highest BCUT2D eigenvalue weighted by molar-refractivity contribution is 6.10. The van der Waals surface area contributed by atoms with Crippen LogP contribution in [0.1, 0.15) is 16.1 Å². The molecule has 1 aromatic heterocycles. The van der Waals surface area contributed by atoms with Gasteiger partial charge < -0.3 is 9.64 Å². The lowest BCUT2D eigenvalue weighted by molar-refractivity contribution is -0.153. The highest BCUT2D eigenvalue weighted by Gasteiger charge is 2.36. The summed E-state index contributed by atoms with van der Waals surface area (Å²) in [4.78, 5) is 14.3. The molecule has 0 spiro atoms. The summed E-state index contributed by atoms with van der Waals surface area (Å²) in [5, 5.41) is 4.26. The summed E-state index contributed by atoms with van der Waals surface area (Å²) >= 11 is 0. The van der Waals surface area contributed by atoms with Gasteiger partial charge >= 0.3 is 6.18 Å². The van der Waals surface area contributed by atoms with Crippen molar-refractivity contribution in [2.24, 2.45) is 7.05 Å². The molecule has 0 radical (unpaired) electrons. The molecule has 2 aromatic carbocycles. The number of aryl methyl sites for hydroxylation is 1. The van der Waals surface area contributed by atoms with Crippen LogP contribution >= 0.6 is 0 Å². The summed E-state index contributed by atoms with van der Waals surface area (Å²) in [6, 6.07) is 8.50. The van der Waals surface area contributed by atoms with E-state index in [2.05, 4.69) is 5.10 Å². The number of fused-ring (bicyclic) bond motifs is 1. The van der Waals surface area contributed by atoms with Gasteiger partial charge in [0.15, 0.2) is 6.61 Å². The predicted molar refractivity (Wildman–Crippen MR) is 97.1 cm³/mol. The second-order valence-corrected chi connectivity index (χ2v) is 6.71. The molecule has 1 aliphatic heterocycles. The van der Waals surface area contributed by atoms with Crippen LogP contribution in [0.15, 0.2) is 42.5 Å². The molecule has 0 atom stereocenters. The Kier molecular flexibility index (Phi) is 4.71. The number of benzene rings is 2. The molecule has 3 aromatic rings. The lowest BCUT2D eigenvalue weighted by Gasteiger charge is -2.17. The minimum absolute atomic E-state index is 0.0685. The average molecular weight is 423 g/mol. The van der Waals surface area contributed by atoms with Crippen LogP contribution in [0.5, 0.6) is 5.75 Å². The first-order valence-electron chi connectivity index (χ1n) is 8.77. The van der Waals surface area contributed by atoms with Gasteiger partial charge in [-0.2, -0.15) is 18.3 Å². The van der Waals surface area contributed by atoms with Crippen molar-refractivity contribution >= 4 is 11.6 Å². The molecule has 0 saturated carbocycles. The molecule has 0 unspecified atom stereocenters. The van der Waals surface area contributed by atoms with E-state index in [0.717, 1.165) is 12.1 Å². The van der Waals surface area contributed by atoms with Crippen molar-refractivity contribution in [1.82, 2.24) is 9.78 Å². The summed E-state index contributed by atoms with van der Waals surface area (Å²) in [5.41, 5.74) is 1.49.